The third-order valence-electron chi connectivity index (χ3n) is 14.1. The molecule has 0 aliphatic carbocycles. The van der Waals surface area contributed by atoms with Gasteiger partial charge in [-0.3, -0.25) is 14.1 Å². The number of phosphoric ester groups is 1. The molecule has 1 spiro atoms. The van der Waals surface area contributed by atoms with Crippen LogP contribution >= 0.6 is 7.82 Å². The largest absolute Gasteiger partial charge is 0.469 e. The zero-order valence-corrected chi connectivity index (χ0v) is 44.6. The normalized spacial score (nSPS) is 27.5. The summed E-state index contributed by atoms with van der Waals surface area (Å²) in [5, 5.41) is 58.3. The molecular weight excluding hydrogens is 944 g/mol. The van der Waals surface area contributed by atoms with E-state index in [2.05, 4.69) is 10.3 Å². The number of aliphatic hydroxyl groups excluding tert-OH is 5. The number of rotatable bonds is 27. The molecule has 0 radical (unpaired) electrons. The molecule has 2 aliphatic rings. The standard InChI is InChI=1S/C50H83N4O16P/c1-28(22-41(51)57)16-14-17-29(2)31(4)23-32(5)42(58)34(7)37(55)24-40(66-13)45-46(70-71(62,63)64)49(8,9)50(69-45)25-38(56)33(6)39(68-50)19-15-18-35-26-67-48(53-35)30(3)20-21-52-47(61)44(60)43(59)36(27-65-12)54(10)11/h14-18,22-23,26,30,32-34,36-40,42-46,55-56,58-60H,19-21,24-25,27H2,1-13H3,(H2,51,57)(H,52,61)(H2,62,63,64). The third kappa shape index (κ3) is 17.0. The maximum Gasteiger partial charge on any atom is 0.469 e. The minimum atomic E-state index is -5.16. The number of aromatic nitrogens is 1. The van der Waals surface area contributed by atoms with Crippen molar-refractivity contribution in [3.05, 3.63) is 71.0 Å². The second-order valence-corrected chi connectivity index (χ2v) is 21.3. The second-order valence-electron chi connectivity index (χ2n) is 20.1. The summed E-state index contributed by atoms with van der Waals surface area (Å²) in [6.07, 6.45) is 3.69. The van der Waals surface area contributed by atoms with E-state index in [0.29, 0.717) is 23.6 Å². The number of ether oxygens (including phenoxy) is 4. The summed E-state index contributed by atoms with van der Waals surface area (Å²) < 4.78 is 48.2. The minimum Gasteiger partial charge on any atom is -0.448 e. The predicted molar refractivity (Wildman–Crippen MR) is 266 cm³/mol. The van der Waals surface area contributed by atoms with Crippen molar-refractivity contribution in [3.63, 3.8) is 0 Å². The number of oxazole rings is 1. The van der Waals surface area contributed by atoms with Crippen LogP contribution in [0.25, 0.3) is 6.08 Å². The number of nitrogens with zero attached hydrogens (tertiary/aromatic N) is 2. The Balaban J connectivity index is 1.74. The first-order valence-electron chi connectivity index (χ1n) is 24.1. The molecule has 0 bridgehead atoms. The third-order valence-corrected chi connectivity index (χ3v) is 14.6. The molecule has 3 rings (SSSR count). The minimum absolute atomic E-state index is 0.0709. The molecule has 0 saturated carbocycles. The number of nitrogens with two attached hydrogens (primary N) is 1. The molecule has 0 aromatic carbocycles. The number of carbonyl (C=O) groups excluding carboxylic acids is 2. The van der Waals surface area contributed by atoms with E-state index < -0.39 is 110 Å². The summed E-state index contributed by atoms with van der Waals surface area (Å²) in [5.41, 5.74) is 6.90. The molecule has 71 heavy (non-hydrogen) atoms. The van der Waals surface area contributed by atoms with E-state index in [1.807, 2.05) is 46.8 Å². The number of amides is 2. The van der Waals surface area contributed by atoms with E-state index in [1.54, 1.807) is 71.0 Å². The van der Waals surface area contributed by atoms with Crippen LogP contribution < -0.4 is 11.1 Å². The fourth-order valence-corrected chi connectivity index (χ4v) is 9.77. The van der Waals surface area contributed by atoms with Crippen LogP contribution in [-0.2, 0) is 37.6 Å². The lowest BCUT2D eigenvalue weighted by Crippen LogP contribution is -2.58. The molecule has 404 valence electrons. The van der Waals surface area contributed by atoms with Gasteiger partial charge in [0, 0.05) is 68.8 Å². The Hall–Kier alpha value is -3.44. The number of nitrogens with one attached hydrogen (secondary N) is 1. The first-order chi connectivity index (χ1) is 33.0. The summed E-state index contributed by atoms with van der Waals surface area (Å²) in [6.45, 7) is 16.4. The van der Waals surface area contributed by atoms with Crippen molar-refractivity contribution in [2.75, 3.05) is 41.5 Å². The van der Waals surface area contributed by atoms with Gasteiger partial charge in [-0.25, -0.2) is 9.55 Å². The van der Waals surface area contributed by atoms with E-state index >= 15 is 0 Å². The van der Waals surface area contributed by atoms with Crippen molar-refractivity contribution in [2.45, 2.75) is 161 Å². The van der Waals surface area contributed by atoms with Gasteiger partial charge in [-0.15, -0.1) is 0 Å². The first-order valence-corrected chi connectivity index (χ1v) is 25.6. The smallest absolute Gasteiger partial charge is 0.448 e. The van der Waals surface area contributed by atoms with Gasteiger partial charge in [0.2, 0.25) is 5.91 Å². The number of aliphatic hydroxyl groups is 5. The Bertz CT molecular complexity index is 2080. The monoisotopic (exact) mass is 1030 g/mol. The van der Waals surface area contributed by atoms with Crippen LogP contribution in [0.2, 0.25) is 0 Å². The lowest BCUT2D eigenvalue weighted by Gasteiger charge is -2.50. The van der Waals surface area contributed by atoms with E-state index in [9.17, 15) is 49.5 Å². The summed E-state index contributed by atoms with van der Waals surface area (Å²) in [6, 6.07) is -0.597. The summed E-state index contributed by atoms with van der Waals surface area (Å²) in [5.74, 6) is -4.23. The van der Waals surface area contributed by atoms with E-state index in [1.165, 1.54) is 26.6 Å². The number of carbonyl (C=O) groups is 2. The van der Waals surface area contributed by atoms with Crippen LogP contribution in [-0.4, -0.2) is 165 Å². The van der Waals surface area contributed by atoms with Crippen LogP contribution in [0.3, 0.4) is 0 Å². The van der Waals surface area contributed by atoms with Crippen LogP contribution in [0.4, 0.5) is 0 Å². The average molecular weight is 1030 g/mol. The van der Waals surface area contributed by atoms with E-state index in [-0.39, 0.29) is 38.3 Å². The zero-order valence-electron chi connectivity index (χ0n) is 43.7. The SMILES string of the molecule is COCC(C(O)C(O)C(=O)NCCC(C)c1nc(C=CCC2OC3(CC(O)C2C)OC(C(CC(O)C(C)C(O)C(C)C=C(C)C(C)=CC=CC(C)=CC(N)=O)OC)C(OP(=O)(O)O)C3(C)C)co1)N(C)C. The molecule has 21 heteroatoms. The molecule has 2 fully saturated rings. The lowest BCUT2D eigenvalue weighted by atomic mass is 9.72. The highest BCUT2D eigenvalue weighted by molar-refractivity contribution is 7.46. The number of phosphoric acid groups is 1. The van der Waals surface area contributed by atoms with Crippen molar-refractivity contribution >= 4 is 25.7 Å². The van der Waals surface area contributed by atoms with Gasteiger partial charge in [-0.1, -0.05) is 77.5 Å². The van der Waals surface area contributed by atoms with Gasteiger partial charge < -0.3 is 74.6 Å². The van der Waals surface area contributed by atoms with Gasteiger partial charge in [-0.05, 0) is 64.9 Å². The molecule has 20 nitrogen and oxygen atoms in total. The van der Waals surface area contributed by atoms with Crippen molar-refractivity contribution in [3.8, 4) is 0 Å². The Morgan fingerprint density at radius 1 is 1.06 bits per heavy atom. The van der Waals surface area contributed by atoms with Crippen LogP contribution in [0.15, 0.2) is 63.9 Å². The lowest BCUT2D eigenvalue weighted by molar-refractivity contribution is -0.334. The van der Waals surface area contributed by atoms with Crippen LogP contribution in [0, 0.1) is 23.2 Å². The van der Waals surface area contributed by atoms with Gasteiger partial charge >= 0.3 is 7.82 Å². The van der Waals surface area contributed by atoms with E-state index in [4.69, 9.17) is 33.6 Å². The highest BCUT2D eigenvalue weighted by Crippen LogP contribution is 2.59. The number of hydrogen-bond donors (Lipinski definition) is 9. The molecule has 2 amide bonds. The number of methoxy groups -OCH3 is 2. The molecule has 10 N–H and O–H groups in total. The summed E-state index contributed by atoms with van der Waals surface area (Å²) >= 11 is 0. The van der Waals surface area contributed by atoms with Gasteiger partial charge in [0.1, 0.15) is 30.3 Å². The summed E-state index contributed by atoms with van der Waals surface area (Å²) in [4.78, 5) is 50.4. The predicted octanol–water partition coefficient (Wildman–Crippen LogP) is 3.65. The number of hydrogen-bond acceptors (Lipinski definition) is 16. The molecule has 1 aromatic heterocycles. The molecule has 2 saturated heterocycles. The molecule has 2 aliphatic heterocycles. The molecule has 15 unspecified atom stereocenters. The second kappa shape index (κ2) is 27.2. The van der Waals surface area contributed by atoms with Crippen LogP contribution in [0.1, 0.15) is 105 Å². The quantitative estimate of drug-likeness (QED) is 0.0345. The van der Waals surface area contributed by atoms with Crippen molar-refractivity contribution in [2.24, 2.45) is 28.9 Å². The van der Waals surface area contributed by atoms with Gasteiger partial charge in [0.15, 0.2) is 17.8 Å². The number of likely N-dealkylation sites (N-methyl/N-ethyl adjacent to an activating group) is 1. The highest BCUT2D eigenvalue weighted by atomic mass is 31.2. The Morgan fingerprint density at radius 3 is 2.31 bits per heavy atom. The maximum atomic E-state index is 12.6. The fraction of sp³-hybridized carbons (Fsp3) is 0.700. The molecule has 1 aromatic rings. The number of allylic oxidation sites excluding steroid dienone is 6. The van der Waals surface area contributed by atoms with Crippen molar-refractivity contribution < 1.29 is 77.4 Å². The van der Waals surface area contributed by atoms with Gasteiger partial charge in [0.25, 0.3) is 5.91 Å². The first kappa shape index (κ1) is 61.9. The maximum absolute atomic E-state index is 12.6. The van der Waals surface area contributed by atoms with Crippen molar-refractivity contribution in [1.82, 2.24) is 15.2 Å². The Kier molecular flexibility index (Phi) is 23.7. The zero-order chi connectivity index (χ0) is 53.8. The topological polar surface area (TPSA) is 306 Å². The van der Waals surface area contributed by atoms with E-state index in [0.717, 1.165) is 11.1 Å². The molecule has 15 atom stereocenters. The Morgan fingerprint density at radius 2 is 1.72 bits per heavy atom. The van der Waals surface area contributed by atoms with Crippen molar-refractivity contribution in [1.29, 1.82) is 0 Å². The fourth-order valence-electron chi connectivity index (χ4n) is 9.09. The highest BCUT2D eigenvalue weighted by Gasteiger charge is 2.68. The van der Waals surface area contributed by atoms with Gasteiger partial charge in [-0.2, -0.15) is 0 Å². The van der Waals surface area contributed by atoms with Gasteiger partial charge in [0.05, 0.1) is 43.2 Å². The Labute approximate surface area is 419 Å². The average Bonchev–Trinajstić information content (AvgIpc) is 3.83. The number of primary amides is 1. The molecular formula is C50H83N4O16P. The summed E-state index contributed by atoms with van der Waals surface area (Å²) in [7, 11) is 1.10. The molecule has 3 heterocycles. The van der Waals surface area contributed by atoms with Crippen LogP contribution in [0.5, 0.6) is 0 Å².